The SMILES string of the molecule is CCOC(=O)C(CCOC1CCC(C)CC1)NC1CC1. The van der Waals surface area contributed by atoms with Crippen LogP contribution in [-0.2, 0) is 14.3 Å². The Morgan fingerprint density at radius 1 is 1.20 bits per heavy atom. The smallest absolute Gasteiger partial charge is 0.323 e. The standard InChI is InChI=1S/C16H29NO3/c1-3-19-16(18)15(17-13-6-7-13)10-11-20-14-8-4-12(2)5-9-14/h12-15,17H,3-11H2,1-2H3. The van der Waals surface area contributed by atoms with E-state index in [1.807, 2.05) is 6.92 Å². The minimum atomic E-state index is -0.190. The van der Waals surface area contributed by atoms with E-state index >= 15 is 0 Å². The van der Waals surface area contributed by atoms with E-state index in [4.69, 9.17) is 9.47 Å². The van der Waals surface area contributed by atoms with E-state index in [9.17, 15) is 4.79 Å². The van der Waals surface area contributed by atoms with Crippen LogP contribution in [0.1, 0.15) is 58.8 Å². The summed E-state index contributed by atoms with van der Waals surface area (Å²) in [5, 5.41) is 3.37. The lowest BCUT2D eigenvalue weighted by Gasteiger charge is -2.27. The Labute approximate surface area is 122 Å². The van der Waals surface area contributed by atoms with Crippen LogP contribution in [0.3, 0.4) is 0 Å². The van der Waals surface area contributed by atoms with Gasteiger partial charge in [-0.3, -0.25) is 4.79 Å². The maximum atomic E-state index is 11.9. The van der Waals surface area contributed by atoms with Gasteiger partial charge in [-0.05, 0) is 57.8 Å². The fourth-order valence-corrected chi connectivity index (χ4v) is 2.80. The van der Waals surface area contributed by atoms with Crippen LogP contribution in [0.4, 0.5) is 0 Å². The summed E-state index contributed by atoms with van der Waals surface area (Å²) in [6.45, 7) is 5.27. The monoisotopic (exact) mass is 283 g/mol. The first-order valence-corrected chi connectivity index (χ1v) is 8.23. The number of rotatable bonds is 8. The predicted octanol–water partition coefficient (Wildman–Crippen LogP) is 2.66. The molecule has 0 amide bonds. The molecule has 0 aromatic carbocycles. The second-order valence-electron chi connectivity index (χ2n) is 6.29. The highest BCUT2D eigenvalue weighted by molar-refractivity contribution is 5.75. The zero-order valence-electron chi connectivity index (χ0n) is 12.9. The van der Waals surface area contributed by atoms with Crippen LogP contribution in [0, 0.1) is 5.92 Å². The molecule has 0 aromatic rings. The van der Waals surface area contributed by atoms with Gasteiger partial charge in [0.2, 0.25) is 0 Å². The first kappa shape index (κ1) is 15.8. The summed E-state index contributed by atoms with van der Waals surface area (Å²) in [4.78, 5) is 11.9. The molecule has 0 radical (unpaired) electrons. The maximum Gasteiger partial charge on any atom is 0.323 e. The first-order chi connectivity index (χ1) is 9.69. The van der Waals surface area contributed by atoms with Gasteiger partial charge in [0.05, 0.1) is 12.7 Å². The molecule has 2 aliphatic rings. The zero-order valence-corrected chi connectivity index (χ0v) is 12.9. The third kappa shape index (κ3) is 5.41. The van der Waals surface area contributed by atoms with Crippen LogP contribution in [-0.4, -0.2) is 37.4 Å². The van der Waals surface area contributed by atoms with Crippen molar-refractivity contribution in [1.29, 1.82) is 0 Å². The van der Waals surface area contributed by atoms with Crippen molar-refractivity contribution >= 4 is 5.97 Å². The Kier molecular flexibility index (Phi) is 6.30. The molecule has 2 saturated carbocycles. The van der Waals surface area contributed by atoms with Gasteiger partial charge in [0.1, 0.15) is 6.04 Å². The molecule has 0 aliphatic heterocycles. The Morgan fingerprint density at radius 3 is 2.50 bits per heavy atom. The molecular formula is C16H29NO3. The fraction of sp³-hybridized carbons (Fsp3) is 0.938. The summed E-state index contributed by atoms with van der Waals surface area (Å²) in [5.74, 6) is 0.721. The minimum absolute atomic E-state index is 0.125. The van der Waals surface area contributed by atoms with Gasteiger partial charge in [-0.25, -0.2) is 0 Å². The van der Waals surface area contributed by atoms with Gasteiger partial charge in [-0.1, -0.05) is 6.92 Å². The summed E-state index contributed by atoms with van der Waals surface area (Å²) < 4.78 is 11.1. The lowest BCUT2D eigenvalue weighted by molar-refractivity contribution is -0.146. The third-order valence-corrected chi connectivity index (χ3v) is 4.31. The highest BCUT2D eigenvalue weighted by Gasteiger charge is 2.29. The van der Waals surface area contributed by atoms with Gasteiger partial charge in [0.15, 0.2) is 0 Å². The summed E-state index contributed by atoms with van der Waals surface area (Å²) >= 11 is 0. The largest absolute Gasteiger partial charge is 0.465 e. The first-order valence-electron chi connectivity index (χ1n) is 8.23. The number of nitrogens with one attached hydrogen (secondary N) is 1. The molecule has 4 heteroatoms. The Morgan fingerprint density at radius 2 is 1.90 bits per heavy atom. The van der Waals surface area contributed by atoms with Gasteiger partial charge < -0.3 is 14.8 Å². The second-order valence-corrected chi connectivity index (χ2v) is 6.29. The maximum absolute atomic E-state index is 11.9. The molecule has 0 heterocycles. The van der Waals surface area contributed by atoms with E-state index in [1.54, 1.807) is 0 Å². The molecule has 0 spiro atoms. The van der Waals surface area contributed by atoms with Crippen molar-refractivity contribution < 1.29 is 14.3 Å². The Balaban J connectivity index is 1.66. The van der Waals surface area contributed by atoms with E-state index < -0.39 is 0 Å². The molecule has 116 valence electrons. The number of esters is 1. The van der Waals surface area contributed by atoms with Crippen LogP contribution in [0.25, 0.3) is 0 Å². The third-order valence-electron chi connectivity index (χ3n) is 4.31. The molecule has 2 aliphatic carbocycles. The van der Waals surface area contributed by atoms with Crippen LogP contribution in [0.2, 0.25) is 0 Å². The number of hydrogen-bond acceptors (Lipinski definition) is 4. The predicted molar refractivity (Wildman–Crippen MR) is 78.6 cm³/mol. The van der Waals surface area contributed by atoms with Gasteiger partial charge >= 0.3 is 5.97 Å². The van der Waals surface area contributed by atoms with Crippen LogP contribution in [0.15, 0.2) is 0 Å². The summed E-state index contributed by atoms with van der Waals surface area (Å²) in [6, 6.07) is 0.324. The van der Waals surface area contributed by atoms with Crippen molar-refractivity contribution in [2.45, 2.75) is 77.0 Å². The highest BCUT2D eigenvalue weighted by Crippen LogP contribution is 2.26. The van der Waals surface area contributed by atoms with Crippen LogP contribution in [0.5, 0.6) is 0 Å². The van der Waals surface area contributed by atoms with E-state index in [0.717, 1.165) is 12.3 Å². The number of carbonyl (C=O) groups is 1. The molecule has 2 fully saturated rings. The number of carbonyl (C=O) groups excluding carboxylic acids is 1. The minimum Gasteiger partial charge on any atom is -0.465 e. The van der Waals surface area contributed by atoms with E-state index in [0.29, 0.717) is 25.4 Å². The zero-order chi connectivity index (χ0) is 14.4. The highest BCUT2D eigenvalue weighted by atomic mass is 16.5. The molecule has 2 rings (SSSR count). The quantitative estimate of drug-likeness (QED) is 0.696. The van der Waals surface area contributed by atoms with Crippen molar-refractivity contribution in [2.75, 3.05) is 13.2 Å². The molecule has 20 heavy (non-hydrogen) atoms. The molecule has 0 saturated heterocycles. The van der Waals surface area contributed by atoms with Crippen molar-refractivity contribution in [2.24, 2.45) is 5.92 Å². The van der Waals surface area contributed by atoms with Crippen molar-refractivity contribution in [3.05, 3.63) is 0 Å². The van der Waals surface area contributed by atoms with Crippen molar-refractivity contribution in [3.63, 3.8) is 0 Å². The number of ether oxygens (including phenoxy) is 2. The van der Waals surface area contributed by atoms with Crippen molar-refractivity contribution in [3.8, 4) is 0 Å². The van der Waals surface area contributed by atoms with Gasteiger partial charge in [-0.2, -0.15) is 0 Å². The average Bonchev–Trinajstić information content (AvgIpc) is 3.24. The normalized spacial score (nSPS) is 28.1. The summed E-state index contributed by atoms with van der Waals surface area (Å²) in [7, 11) is 0. The van der Waals surface area contributed by atoms with Gasteiger partial charge in [-0.15, -0.1) is 0 Å². The lowest BCUT2D eigenvalue weighted by Crippen LogP contribution is -2.40. The van der Waals surface area contributed by atoms with E-state index in [1.165, 1.54) is 38.5 Å². The van der Waals surface area contributed by atoms with Gasteiger partial charge in [0.25, 0.3) is 0 Å². The molecule has 0 bridgehead atoms. The van der Waals surface area contributed by atoms with Crippen molar-refractivity contribution in [1.82, 2.24) is 5.32 Å². The second kappa shape index (κ2) is 7.99. The summed E-state index contributed by atoms with van der Waals surface area (Å²) in [5.41, 5.74) is 0. The molecular weight excluding hydrogens is 254 g/mol. The van der Waals surface area contributed by atoms with Gasteiger partial charge in [0, 0.05) is 12.6 Å². The van der Waals surface area contributed by atoms with Crippen LogP contribution >= 0.6 is 0 Å². The molecule has 1 unspecified atom stereocenters. The topological polar surface area (TPSA) is 47.6 Å². The lowest BCUT2D eigenvalue weighted by atomic mass is 9.89. The molecule has 4 nitrogen and oxygen atoms in total. The molecule has 0 aromatic heterocycles. The van der Waals surface area contributed by atoms with E-state index in [2.05, 4.69) is 12.2 Å². The Hall–Kier alpha value is -0.610. The Bertz CT molecular complexity index is 296. The molecule has 1 atom stereocenters. The molecule has 1 N–H and O–H groups in total. The number of hydrogen-bond donors (Lipinski definition) is 1. The average molecular weight is 283 g/mol. The summed E-state index contributed by atoms with van der Waals surface area (Å²) in [6.07, 6.45) is 8.35. The van der Waals surface area contributed by atoms with Crippen LogP contribution < -0.4 is 5.32 Å². The van der Waals surface area contributed by atoms with E-state index in [-0.39, 0.29) is 12.0 Å². The fourth-order valence-electron chi connectivity index (χ4n) is 2.80.